The van der Waals surface area contributed by atoms with Crippen molar-refractivity contribution in [3.63, 3.8) is 0 Å². The summed E-state index contributed by atoms with van der Waals surface area (Å²) in [5.41, 5.74) is 1.06. The van der Waals surface area contributed by atoms with Crippen LogP contribution in [0, 0.1) is 6.92 Å². The number of aliphatic hydroxyl groups is 1. The van der Waals surface area contributed by atoms with Crippen LogP contribution >= 0.6 is 34.9 Å². The summed E-state index contributed by atoms with van der Waals surface area (Å²) in [5, 5.41) is 15.1. The second-order valence-electron chi connectivity index (χ2n) is 4.57. The van der Waals surface area contributed by atoms with Gasteiger partial charge < -0.3 is 5.11 Å². The molecule has 0 spiro atoms. The van der Waals surface area contributed by atoms with Crippen molar-refractivity contribution >= 4 is 34.9 Å². The van der Waals surface area contributed by atoms with E-state index in [9.17, 15) is 5.11 Å². The van der Waals surface area contributed by atoms with Crippen LogP contribution in [0.3, 0.4) is 0 Å². The molecular formula is C12H19NOS3. The smallest absolute Gasteiger partial charge is 0.0954 e. The third kappa shape index (κ3) is 3.63. The van der Waals surface area contributed by atoms with E-state index in [0.29, 0.717) is 22.2 Å². The zero-order chi connectivity index (χ0) is 12.4. The van der Waals surface area contributed by atoms with Crippen molar-refractivity contribution in [2.75, 3.05) is 5.75 Å². The van der Waals surface area contributed by atoms with E-state index in [4.69, 9.17) is 0 Å². The topological polar surface area (TPSA) is 33.1 Å². The highest BCUT2D eigenvalue weighted by molar-refractivity contribution is 8.07. The van der Waals surface area contributed by atoms with Gasteiger partial charge in [0.25, 0.3) is 0 Å². The summed E-state index contributed by atoms with van der Waals surface area (Å²) in [6.07, 6.45) is 0.450. The second-order valence-corrected chi connectivity index (χ2v) is 8.55. The predicted molar refractivity (Wildman–Crippen MR) is 79.3 cm³/mol. The van der Waals surface area contributed by atoms with Gasteiger partial charge >= 0.3 is 0 Å². The Bertz CT molecular complexity index is 368. The van der Waals surface area contributed by atoms with E-state index in [2.05, 4.69) is 24.2 Å². The first-order valence-corrected chi connectivity index (χ1v) is 8.79. The Balaban J connectivity index is 1.90. The zero-order valence-corrected chi connectivity index (χ0v) is 12.9. The van der Waals surface area contributed by atoms with Gasteiger partial charge in [0.05, 0.1) is 11.1 Å². The summed E-state index contributed by atoms with van der Waals surface area (Å²) in [5.74, 6) is 1.06. The average molecular weight is 289 g/mol. The fourth-order valence-corrected chi connectivity index (χ4v) is 5.65. The first-order valence-electron chi connectivity index (χ1n) is 5.92. The second kappa shape index (κ2) is 5.95. The number of nitrogens with zero attached hydrogens (tertiary/aromatic N) is 1. The Hall–Kier alpha value is 0.290. The number of aliphatic hydroxyl groups excluding tert-OH is 1. The largest absolute Gasteiger partial charge is 0.392 e. The van der Waals surface area contributed by atoms with Gasteiger partial charge in [-0.05, 0) is 6.92 Å². The molecule has 2 nitrogen and oxygen atoms in total. The molecular weight excluding hydrogens is 270 g/mol. The molecule has 0 aliphatic carbocycles. The molecule has 0 bridgehead atoms. The number of rotatable bonds is 3. The molecule has 1 aromatic rings. The Labute approximate surface area is 116 Å². The molecule has 17 heavy (non-hydrogen) atoms. The Morgan fingerprint density at radius 1 is 1.47 bits per heavy atom. The van der Waals surface area contributed by atoms with E-state index >= 15 is 0 Å². The van der Waals surface area contributed by atoms with Crippen molar-refractivity contribution < 1.29 is 5.11 Å². The summed E-state index contributed by atoms with van der Waals surface area (Å²) >= 11 is 5.57. The highest BCUT2D eigenvalue weighted by Gasteiger charge is 2.30. The quantitative estimate of drug-likeness (QED) is 0.927. The lowest BCUT2D eigenvalue weighted by atomic mass is 10.2. The maximum absolute atomic E-state index is 10.3. The van der Waals surface area contributed by atoms with E-state index in [1.54, 1.807) is 11.3 Å². The third-order valence-electron chi connectivity index (χ3n) is 3.05. The molecule has 0 amide bonds. The molecule has 2 heterocycles. The van der Waals surface area contributed by atoms with Gasteiger partial charge in [0.1, 0.15) is 0 Å². The number of hydrogen-bond acceptors (Lipinski definition) is 5. The zero-order valence-electron chi connectivity index (χ0n) is 10.4. The van der Waals surface area contributed by atoms with Gasteiger partial charge in [-0.3, -0.25) is 0 Å². The van der Waals surface area contributed by atoms with Crippen LogP contribution in [0.15, 0.2) is 5.38 Å². The third-order valence-corrected chi connectivity index (χ3v) is 7.58. The van der Waals surface area contributed by atoms with Crippen LogP contribution in [0.5, 0.6) is 0 Å². The van der Waals surface area contributed by atoms with Crippen molar-refractivity contribution in [2.24, 2.45) is 0 Å². The standard InChI is InChI=1S/C12H19NOS3/c1-7-5-16-12(13-7)4-10(14)11-6-15-8(2)9(3)17-11/h5,8-11,14H,4,6H2,1-3H3. The minimum Gasteiger partial charge on any atom is -0.392 e. The number of hydrogen-bond donors (Lipinski definition) is 1. The van der Waals surface area contributed by atoms with E-state index in [0.717, 1.165) is 16.5 Å². The van der Waals surface area contributed by atoms with Gasteiger partial charge in [0.15, 0.2) is 0 Å². The molecule has 1 saturated heterocycles. The lowest BCUT2D eigenvalue weighted by Gasteiger charge is -2.33. The lowest BCUT2D eigenvalue weighted by Crippen LogP contribution is -2.35. The Morgan fingerprint density at radius 3 is 2.82 bits per heavy atom. The van der Waals surface area contributed by atoms with Gasteiger partial charge in [-0.15, -0.1) is 11.3 Å². The van der Waals surface area contributed by atoms with Gasteiger partial charge in [0.2, 0.25) is 0 Å². The molecule has 4 atom stereocenters. The summed E-state index contributed by atoms with van der Waals surface area (Å²) in [4.78, 5) is 4.42. The number of aromatic nitrogens is 1. The van der Waals surface area contributed by atoms with Crippen LogP contribution in [0.2, 0.25) is 0 Å². The van der Waals surface area contributed by atoms with Crippen molar-refractivity contribution in [1.29, 1.82) is 0 Å². The maximum Gasteiger partial charge on any atom is 0.0954 e. The van der Waals surface area contributed by atoms with Crippen molar-refractivity contribution in [3.8, 4) is 0 Å². The average Bonchev–Trinajstić information content (AvgIpc) is 2.68. The monoisotopic (exact) mass is 289 g/mol. The molecule has 4 unspecified atom stereocenters. The molecule has 0 saturated carbocycles. The summed E-state index contributed by atoms with van der Waals surface area (Å²) in [6.45, 7) is 6.53. The highest BCUT2D eigenvalue weighted by Crippen LogP contribution is 2.37. The molecule has 5 heteroatoms. The fourth-order valence-electron chi connectivity index (χ4n) is 1.82. The van der Waals surface area contributed by atoms with Crippen LogP contribution in [0.4, 0.5) is 0 Å². The SMILES string of the molecule is Cc1csc(CC(O)C2CSC(C)C(C)S2)n1. The van der Waals surface area contributed by atoms with E-state index < -0.39 is 0 Å². The van der Waals surface area contributed by atoms with Crippen molar-refractivity contribution in [1.82, 2.24) is 4.98 Å². The molecule has 0 radical (unpaired) electrons. The predicted octanol–water partition coefficient (Wildman–Crippen LogP) is 2.98. The van der Waals surface area contributed by atoms with Gasteiger partial charge in [-0.2, -0.15) is 23.5 Å². The molecule has 1 N–H and O–H groups in total. The minimum absolute atomic E-state index is 0.256. The van der Waals surface area contributed by atoms with Crippen LogP contribution in [-0.4, -0.2) is 37.7 Å². The number of thioether (sulfide) groups is 2. The van der Waals surface area contributed by atoms with Crippen LogP contribution in [-0.2, 0) is 6.42 Å². The van der Waals surface area contributed by atoms with Crippen molar-refractivity contribution in [3.05, 3.63) is 16.1 Å². The summed E-state index contributed by atoms with van der Waals surface area (Å²) < 4.78 is 0. The molecule has 1 fully saturated rings. The molecule has 0 aromatic carbocycles. The number of thiazole rings is 1. The van der Waals surface area contributed by atoms with Crippen LogP contribution < -0.4 is 0 Å². The van der Waals surface area contributed by atoms with Gasteiger partial charge in [-0.25, -0.2) is 4.98 Å². The molecule has 96 valence electrons. The minimum atomic E-state index is -0.256. The molecule has 1 aliphatic rings. The van der Waals surface area contributed by atoms with Gasteiger partial charge in [-0.1, -0.05) is 13.8 Å². The first-order chi connectivity index (χ1) is 8.06. The molecule has 1 aromatic heterocycles. The van der Waals surface area contributed by atoms with Crippen LogP contribution in [0.1, 0.15) is 24.5 Å². The van der Waals surface area contributed by atoms with Crippen molar-refractivity contribution in [2.45, 2.75) is 49.0 Å². The van der Waals surface area contributed by atoms with Gasteiger partial charge in [0, 0.05) is 39.0 Å². The normalized spacial score (nSPS) is 31.4. The molecule has 1 aliphatic heterocycles. The summed E-state index contributed by atoms with van der Waals surface area (Å²) in [6, 6.07) is 0. The highest BCUT2D eigenvalue weighted by atomic mass is 32.2. The van der Waals surface area contributed by atoms with Crippen LogP contribution in [0.25, 0.3) is 0 Å². The maximum atomic E-state index is 10.3. The Morgan fingerprint density at radius 2 is 2.24 bits per heavy atom. The van der Waals surface area contributed by atoms with E-state index in [1.165, 1.54) is 0 Å². The Kier molecular flexibility index (Phi) is 4.80. The van der Waals surface area contributed by atoms with E-state index in [-0.39, 0.29) is 6.10 Å². The first kappa shape index (κ1) is 13.7. The lowest BCUT2D eigenvalue weighted by molar-refractivity contribution is 0.177. The van der Waals surface area contributed by atoms with E-state index in [1.807, 2.05) is 30.4 Å². The molecule has 2 rings (SSSR count). The summed E-state index contributed by atoms with van der Waals surface area (Å²) in [7, 11) is 0. The fraction of sp³-hybridized carbons (Fsp3) is 0.750. The number of aryl methyl sites for hydroxylation is 1.